The lowest BCUT2D eigenvalue weighted by Gasteiger charge is -2.05. The summed E-state index contributed by atoms with van der Waals surface area (Å²) in [5.74, 6) is 0.620. The number of hydrogen-bond acceptors (Lipinski definition) is 2. The van der Waals surface area contributed by atoms with Gasteiger partial charge in [0.15, 0.2) is 5.69 Å². The second-order valence-corrected chi connectivity index (χ2v) is 4.96. The fourth-order valence-corrected chi connectivity index (χ4v) is 2.30. The number of halogens is 3. The van der Waals surface area contributed by atoms with Crippen molar-refractivity contribution in [3.05, 3.63) is 38.5 Å². The first-order valence-corrected chi connectivity index (χ1v) is 6.17. The highest BCUT2D eigenvalue weighted by Crippen LogP contribution is 2.31. The lowest BCUT2D eigenvalue weighted by atomic mass is 10.2. The SMILES string of the molecule is Cn1c(-c2ccc(Cl)cc2Cl)nc(C#N)c1Br. The van der Waals surface area contributed by atoms with Crippen molar-refractivity contribution in [2.45, 2.75) is 0 Å². The first-order valence-electron chi connectivity index (χ1n) is 4.62. The third kappa shape index (κ3) is 2.19. The Hall–Kier alpha value is -1.02. The molecular formula is C11H6BrCl2N3. The van der Waals surface area contributed by atoms with Crippen LogP contribution in [0.25, 0.3) is 11.4 Å². The molecule has 3 nitrogen and oxygen atoms in total. The van der Waals surface area contributed by atoms with E-state index in [-0.39, 0.29) is 0 Å². The summed E-state index contributed by atoms with van der Waals surface area (Å²) in [6.07, 6.45) is 0. The molecule has 2 aromatic rings. The van der Waals surface area contributed by atoms with Crippen molar-refractivity contribution in [3.63, 3.8) is 0 Å². The first-order chi connectivity index (χ1) is 8.04. The molecule has 0 amide bonds. The number of rotatable bonds is 1. The van der Waals surface area contributed by atoms with Crippen LogP contribution in [0.5, 0.6) is 0 Å². The minimum atomic E-state index is 0.327. The molecule has 0 aliphatic carbocycles. The summed E-state index contributed by atoms with van der Waals surface area (Å²) in [4.78, 5) is 4.22. The van der Waals surface area contributed by atoms with Gasteiger partial charge in [-0.2, -0.15) is 5.26 Å². The summed E-state index contributed by atoms with van der Waals surface area (Å²) in [6, 6.07) is 7.17. The number of nitrogens with zero attached hydrogens (tertiary/aromatic N) is 3. The molecule has 0 atom stereocenters. The van der Waals surface area contributed by atoms with Gasteiger partial charge in [-0.25, -0.2) is 4.98 Å². The maximum Gasteiger partial charge on any atom is 0.173 e. The van der Waals surface area contributed by atoms with Crippen LogP contribution in [0, 0.1) is 11.3 Å². The average Bonchev–Trinajstić information content (AvgIpc) is 2.57. The van der Waals surface area contributed by atoms with Crippen molar-refractivity contribution < 1.29 is 0 Å². The van der Waals surface area contributed by atoms with Crippen molar-refractivity contribution in [3.8, 4) is 17.5 Å². The van der Waals surface area contributed by atoms with Crippen molar-refractivity contribution in [2.75, 3.05) is 0 Å². The molecule has 0 bridgehead atoms. The molecule has 0 N–H and O–H groups in total. The summed E-state index contributed by atoms with van der Waals surface area (Å²) in [7, 11) is 1.80. The van der Waals surface area contributed by atoms with Gasteiger partial charge in [-0.1, -0.05) is 23.2 Å². The number of aromatic nitrogens is 2. The molecular weight excluding hydrogens is 325 g/mol. The topological polar surface area (TPSA) is 41.6 Å². The summed E-state index contributed by atoms with van der Waals surface area (Å²) < 4.78 is 2.38. The number of nitriles is 1. The van der Waals surface area contributed by atoms with Gasteiger partial charge in [-0.15, -0.1) is 0 Å². The number of imidazole rings is 1. The predicted octanol–water partition coefficient (Wildman–Crippen LogP) is 4.03. The lowest BCUT2D eigenvalue weighted by Crippen LogP contribution is -1.93. The largest absolute Gasteiger partial charge is 0.321 e. The zero-order chi connectivity index (χ0) is 12.6. The molecule has 0 aliphatic rings. The minimum absolute atomic E-state index is 0.327. The van der Waals surface area contributed by atoms with Crippen molar-refractivity contribution >= 4 is 39.1 Å². The van der Waals surface area contributed by atoms with Gasteiger partial charge in [0.05, 0.1) is 5.02 Å². The second-order valence-electron chi connectivity index (χ2n) is 3.37. The Morgan fingerprint density at radius 1 is 1.41 bits per heavy atom. The van der Waals surface area contributed by atoms with Gasteiger partial charge in [-0.3, -0.25) is 0 Å². The van der Waals surface area contributed by atoms with Crippen LogP contribution in [-0.4, -0.2) is 9.55 Å². The van der Waals surface area contributed by atoms with E-state index in [1.54, 1.807) is 29.8 Å². The lowest BCUT2D eigenvalue weighted by molar-refractivity contribution is 0.901. The number of benzene rings is 1. The molecule has 0 spiro atoms. The first kappa shape index (κ1) is 12.4. The molecule has 6 heteroatoms. The Morgan fingerprint density at radius 2 is 2.12 bits per heavy atom. The van der Waals surface area contributed by atoms with Crippen LogP contribution < -0.4 is 0 Å². The Labute approximate surface area is 117 Å². The van der Waals surface area contributed by atoms with E-state index in [0.29, 0.717) is 26.2 Å². The Kier molecular flexibility index (Phi) is 3.43. The van der Waals surface area contributed by atoms with Crippen LogP contribution in [0.3, 0.4) is 0 Å². The van der Waals surface area contributed by atoms with E-state index >= 15 is 0 Å². The predicted molar refractivity (Wildman–Crippen MR) is 71.1 cm³/mol. The minimum Gasteiger partial charge on any atom is -0.321 e. The third-order valence-electron chi connectivity index (χ3n) is 2.30. The Bertz CT molecular complexity index is 628. The summed E-state index contributed by atoms with van der Waals surface area (Å²) in [6.45, 7) is 0. The molecule has 2 rings (SSSR count). The molecule has 0 saturated heterocycles. The molecule has 0 radical (unpaired) electrons. The van der Waals surface area contributed by atoms with Crippen LogP contribution in [-0.2, 0) is 7.05 Å². The van der Waals surface area contributed by atoms with E-state index in [4.69, 9.17) is 28.5 Å². The van der Waals surface area contributed by atoms with Gasteiger partial charge >= 0.3 is 0 Å². The van der Waals surface area contributed by atoms with Gasteiger partial charge < -0.3 is 4.57 Å². The van der Waals surface area contributed by atoms with Crippen LogP contribution in [0.15, 0.2) is 22.8 Å². The molecule has 86 valence electrons. The van der Waals surface area contributed by atoms with Crippen molar-refractivity contribution in [1.29, 1.82) is 5.26 Å². The van der Waals surface area contributed by atoms with E-state index < -0.39 is 0 Å². The highest BCUT2D eigenvalue weighted by molar-refractivity contribution is 9.10. The number of hydrogen-bond donors (Lipinski definition) is 0. The van der Waals surface area contributed by atoms with E-state index in [1.165, 1.54) is 0 Å². The Balaban J connectivity index is 2.65. The molecule has 0 saturated carbocycles. The molecule has 0 unspecified atom stereocenters. The zero-order valence-corrected chi connectivity index (χ0v) is 11.8. The maximum absolute atomic E-state index is 8.91. The fourth-order valence-electron chi connectivity index (χ4n) is 1.46. The van der Waals surface area contributed by atoms with E-state index in [9.17, 15) is 0 Å². The van der Waals surface area contributed by atoms with E-state index in [0.717, 1.165) is 5.56 Å². The monoisotopic (exact) mass is 329 g/mol. The molecule has 1 heterocycles. The van der Waals surface area contributed by atoms with Crippen molar-refractivity contribution in [1.82, 2.24) is 9.55 Å². The second kappa shape index (κ2) is 4.69. The van der Waals surface area contributed by atoms with Crippen LogP contribution in [0.1, 0.15) is 5.69 Å². The zero-order valence-electron chi connectivity index (χ0n) is 8.71. The van der Waals surface area contributed by atoms with Crippen LogP contribution in [0.2, 0.25) is 10.0 Å². The average molecular weight is 331 g/mol. The molecule has 0 aliphatic heterocycles. The molecule has 17 heavy (non-hydrogen) atoms. The maximum atomic E-state index is 8.91. The Morgan fingerprint density at radius 3 is 2.65 bits per heavy atom. The summed E-state index contributed by atoms with van der Waals surface area (Å²) in [5.41, 5.74) is 1.06. The van der Waals surface area contributed by atoms with Crippen LogP contribution in [0.4, 0.5) is 0 Å². The summed E-state index contributed by atoms with van der Waals surface area (Å²) >= 11 is 15.2. The highest BCUT2D eigenvalue weighted by atomic mass is 79.9. The molecule has 1 aromatic carbocycles. The smallest absolute Gasteiger partial charge is 0.173 e. The normalized spacial score (nSPS) is 10.3. The van der Waals surface area contributed by atoms with Gasteiger partial charge in [0.25, 0.3) is 0 Å². The van der Waals surface area contributed by atoms with E-state index in [1.807, 2.05) is 6.07 Å². The molecule has 1 aromatic heterocycles. The van der Waals surface area contributed by atoms with Crippen LogP contribution >= 0.6 is 39.1 Å². The van der Waals surface area contributed by atoms with Crippen molar-refractivity contribution in [2.24, 2.45) is 7.05 Å². The summed E-state index contributed by atoms with van der Waals surface area (Å²) in [5, 5.41) is 9.97. The molecule has 0 fully saturated rings. The standard InChI is InChI=1S/C11H6BrCl2N3/c1-17-10(12)9(5-15)16-11(17)7-3-2-6(13)4-8(7)14/h2-4H,1H3. The third-order valence-corrected chi connectivity index (χ3v) is 3.76. The van der Waals surface area contributed by atoms with Gasteiger partial charge in [-0.05, 0) is 34.1 Å². The van der Waals surface area contributed by atoms with Gasteiger partial charge in [0.2, 0.25) is 0 Å². The quantitative estimate of drug-likeness (QED) is 0.792. The highest BCUT2D eigenvalue weighted by Gasteiger charge is 2.15. The fraction of sp³-hybridized carbons (Fsp3) is 0.0909. The van der Waals surface area contributed by atoms with Gasteiger partial charge in [0, 0.05) is 17.6 Å². The van der Waals surface area contributed by atoms with Gasteiger partial charge in [0.1, 0.15) is 16.5 Å². The van der Waals surface area contributed by atoms with E-state index in [2.05, 4.69) is 20.9 Å².